The molecule has 4 nitrogen and oxygen atoms in total. The van der Waals surface area contributed by atoms with Gasteiger partial charge in [-0.25, -0.2) is 4.79 Å². The highest BCUT2D eigenvalue weighted by molar-refractivity contribution is 5.94. The van der Waals surface area contributed by atoms with E-state index in [1.54, 1.807) is 6.08 Å². The summed E-state index contributed by atoms with van der Waals surface area (Å²) in [4.78, 5) is 13.5. The Hall–Kier alpha value is -2.46. The molecule has 2 aromatic rings. The summed E-state index contributed by atoms with van der Waals surface area (Å²) in [6.07, 6.45) is 2.33. The lowest BCUT2D eigenvalue weighted by Crippen LogP contribution is -2.19. The maximum Gasteiger partial charge on any atom is 0.331 e. The van der Waals surface area contributed by atoms with Crippen molar-refractivity contribution in [1.82, 2.24) is 0 Å². The summed E-state index contributed by atoms with van der Waals surface area (Å²) in [5, 5.41) is 9.34. The number of halogens is 1. The Balaban J connectivity index is 0.00000225. The van der Waals surface area contributed by atoms with Crippen molar-refractivity contribution >= 4 is 30.1 Å². The SMILES string of the molecule is CCOc1ccc(-c2ccc3c(c2)C=C(C(=O)O)CCN3C)cc1.Cl. The van der Waals surface area contributed by atoms with Crippen LogP contribution in [0.15, 0.2) is 48.0 Å². The molecule has 25 heavy (non-hydrogen) atoms. The molecule has 0 saturated heterocycles. The molecular weight excluding hydrogens is 338 g/mol. The molecule has 3 rings (SSSR count). The standard InChI is InChI=1S/C20H21NO3.ClH/c1-3-24-18-7-4-14(5-8-18)15-6-9-19-17(12-15)13-16(20(22)23)10-11-21(19)2;/h4-9,12-13H,3,10-11H2,1-2H3,(H,22,23);1H. The number of aliphatic carboxylic acids is 1. The summed E-state index contributed by atoms with van der Waals surface area (Å²) < 4.78 is 5.48. The van der Waals surface area contributed by atoms with Crippen molar-refractivity contribution in [2.45, 2.75) is 13.3 Å². The first-order valence-corrected chi connectivity index (χ1v) is 8.10. The summed E-state index contributed by atoms with van der Waals surface area (Å²) in [6.45, 7) is 3.31. The molecule has 1 N–H and O–H groups in total. The molecule has 1 aliphatic rings. The van der Waals surface area contributed by atoms with Gasteiger partial charge in [0, 0.05) is 24.9 Å². The van der Waals surface area contributed by atoms with Gasteiger partial charge in [0.1, 0.15) is 5.75 Å². The first-order valence-electron chi connectivity index (χ1n) is 8.10. The van der Waals surface area contributed by atoms with Crippen molar-refractivity contribution in [1.29, 1.82) is 0 Å². The summed E-state index contributed by atoms with van der Waals surface area (Å²) >= 11 is 0. The molecule has 1 aliphatic heterocycles. The van der Waals surface area contributed by atoms with Gasteiger partial charge in [0.05, 0.1) is 6.61 Å². The molecule has 0 spiro atoms. The predicted octanol–water partition coefficient (Wildman–Crippen LogP) is 4.48. The van der Waals surface area contributed by atoms with Gasteiger partial charge in [0.2, 0.25) is 0 Å². The summed E-state index contributed by atoms with van der Waals surface area (Å²) in [6, 6.07) is 14.1. The quantitative estimate of drug-likeness (QED) is 0.874. The lowest BCUT2D eigenvalue weighted by Gasteiger charge is -2.19. The molecule has 0 bridgehead atoms. The van der Waals surface area contributed by atoms with E-state index in [0.29, 0.717) is 25.1 Å². The average molecular weight is 360 g/mol. The molecule has 0 unspecified atom stereocenters. The molecule has 2 aromatic carbocycles. The number of anilines is 1. The number of hydrogen-bond donors (Lipinski definition) is 1. The van der Waals surface area contributed by atoms with Gasteiger partial charge in [-0.15, -0.1) is 12.4 Å². The Labute approximate surface area is 154 Å². The summed E-state index contributed by atoms with van der Waals surface area (Å²) in [5.74, 6) is 0.00604. The van der Waals surface area contributed by atoms with Gasteiger partial charge >= 0.3 is 5.97 Å². The van der Waals surface area contributed by atoms with Crippen LogP contribution in [0.2, 0.25) is 0 Å². The second kappa shape index (κ2) is 8.08. The minimum Gasteiger partial charge on any atom is -0.494 e. The van der Waals surface area contributed by atoms with E-state index >= 15 is 0 Å². The van der Waals surface area contributed by atoms with Crippen LogP contribution in [0.3, 0.4) is 0 Å². The maximum absolute atomic E-state index is 11.4. The van der Waals surface area contributed by atoms with Crippen molar-refractivity contribution in [2.24, 2.45) is 0 Å². The normalized spacial score (nSPS) is 13.2. The van der Waals surface area contributed by atoms with Crippen LogP contribution in [0.4, 0.5) is 5.69 Å². The van der Waals surface area contributed by atoms with Gasteiger partial charge in [-0.1, -0.05) is 18.2 Å². The van der Waals surface area contributed by atoms with Gasteiger partial charge < -0.3 is 14.7 Å². The lowest BCUT2D eigenvalue weighted by atomic mass is 10.0. The molecule has 0 aromatic heterocycles. The Bertz CT molecular complexity index is 784. The average Bonchev–Trinajstić information content (AvgIpc) is 2.75. The number of fused-ring (bicyclic) bond motifs is 1. The Morgan fingerprint density at radius 2 is 1.84 bits per heavy atom. The van der Waals surface area contributed by atoms with E-state index in [2.05, 4.69) is 23.1 Å². The van der Waals surface area contributed by atoms with Crippen molar-refractivity contribution in [3.8, 4) is 16.9 Å². The van der Waals surface area contributed by atoms with E-state index in [-0.39, 0.29) is 12.4 Å². The van der Waals surface area contributed by atoms with Crippen molar-refractivity contribution in [3.63, 3.8) is 0 Å². The van der Waals surface area contributed by atoms with E-state index in [9.17, 15) is 9.90 Å². The molecule has 1 heterocycles. The van der Waals surface area contributed by atoms with Crippen LogP contribution >= 0.6 is 12.4 Å². The number of ether oxygens (including phenoxy) is 1. The van der Waals surface area contributed by atoms with Crippen LogP contribution < -0.4 is 9.64 Å². The highest BCUT2D eigenvalue weighted by Gasteiger charge is 2.17. The van der Waals surface area contributed by atoms with Crippen LogP contribution in [0.25, 0.3) is 17.2 Å². The van der Waals surface area contributed by atoms with Gasteiger partial charge in [-0.3, -0.25) is 0 Å². The number of hydrogen-bond acceptors (Lipinski definition) is 3. The van der Waals surface area contributed by atoms with Crippen molar-refractivity contribution in [3.05, 3.63) is 53.6 Å². The van der Waals surface area contributed by atoms with E-state index < -0.39 is 5.97 Å². The van der Waals surface area contributed by atoms with E-state index in [4.69, 9.17) is 4.74 Å². The van der Waals surface area contributed by atoms with Crippen LogP contribution in [-0.2, 0) is 4.79 Å². The van der Waals surface area contributed by atoms with Gasteiger partial charge in [0.25, 0.3) is 0 Å². The third-order valence-corrected chi connectivity index (χ3v) is 4.26. The van der Waals surface area contributed by atoms with Crippen molar-refractivity contribution in [2.75, 3.05) is 25.1 Å². The molecule has 0 fully saturated rings. The molecule has 132 valence electrons. The fourth-order valence-electron chi connectivity index (χ4n) is 2.94. The van der Waals surface area contributed by atoms with Crippen LogP contribution in [0.1, 0.15) is 18.9 Å². The number of carboxylic acid groups (broad SMARTS) is 1. The van der Waals surface area contributed by atoms with E-state index in [0.717, 1.165) is 28.1 Å². The highest BCUT2D eigenvalue weighted by Crippen LogP contribution is 2.32. The third-order valence-electron chi connectivity index (χ3n) is 4.26. The Morgan fingerprint density at radius 1 is 1.16 bits per heavy atom. The maximum atomic E-state index is 11.4. The second-order valence-corrected chi connectivity index (χ2v) is 5.88. The fourth-order valence-corrected chi connectivity index (χ4v) is 2.94. The molecular formula is C20H22ClNO3. The smallest absolute Gasteiger partial charge is 0.331 e. The van der Waals surface area contributed by atoms with Gasteiger partial charge in [0.15, 0.2) is 0 Å². The third kappa shape index (κ3) is 4.15. The number of benzene rings is 2. The number of carbonyl (C=O) groups is 1. The van der Waals surface area contributed by atoms with Crippen LogP contribution in [0.5, 0.6) is 5.75 Å². The molecule has 0 amide bonds. The zero-order valence-corrected chi connectivity index (χ0v) is 15.2. The van der Waals surface area contributed by atoms with E-state index in [1.165, 1.54) is 0 Å². The topological polar surface area (TPSA) is 49.8 Å². The Kier molecular flexibility index (Phi) is 6.10. The monoisotopic (exact) mass is 359 g/mol. The number of rotatable bonds is 4. The lowest BCUT2D eigenvalue weighted by molar-refractivity contribution is -0.132. The molecule has 0 saturated carbocycles. The summed E-state index contributed by atoms with van der Waals surface area (Å²) in [7, 11) is 1.99. The zero-order chi connectivity index (χ0) is 17.1. The molecule has 5 heteroatoms. The fraction of sp³-hybridized carbons (Fsp3) is 0.250. The zero-order valence-electron chi connectivity index (χ0n) is 14.4. The largest absolute Gasteiger partial charge is 0.494 e. The van der Waals surface area contributed by atoms with Crippen LogP contribution in [0, 0.1) is 0 Å². The number of carboxylic acids is 1. The van der Waals surface area contributed by atoms with Crippen molar-refractivity contribution < 1.29 is 14.6 Å². The first-order chi connectivity index (χ1) is 11.6. The minimum absolute atomic E-state index is 0. The van der Waals surface area contributed by atoms with Crippen LogP contribution in [-0.4, -0.2) is 31.3 Å². The molecule has 0 radical (unpaired) electrons. The van der Waals surface area contributed by atoms with E-state index in [1.807, 2.05) is 38.2 Å². The highest BCUT2D eigenvalue weighted by atomic mass is 35.5. The predicted molar refractivity (Wildman–Crippen MR) is 104 cm³/mol. The van der Waals surface area contributed by atoms with Gasteiger partial charge in [-0.05, 0) is 60.4 Å². The number of nitrogens with zero attached hydrogens (tertiary/aromatic N) is 1. The Morgan fingerprint density at radius 3 is 2.48 bits per heavy atom. The second-order valence-electron chi connectivity index (χ2n) is 5.88. The minimum atomic E-state index is -0.845. The molecule has 0 aliphatic carbocycles. The molecule has 0 atom stereocenters. The summed E-state index contributed by atoms with van der Waals surface area (Å²) in [5.41, 5.74) is 4.59. The van der Waals surface area contributed by atoms with Gasteiger partial charge in [-0.2, -0.15) is 0 Å². The first kappa shape index (κ1) is 18.9.